The van der Waals surface area contributed by atoms with E-state index < -0.39 is 27.1 Å². The van der Waals surface area contributed by atoms with Crippen molar-refractivity contribution in [1.82, 2.24) is 0 Å². The van der Waals surface area contributed by atoms with Crippen LogP contribution in [-0.4, -0.2) is 29.5 Å². The van der Waals surface area contributed by atoms with E-state index in [-0.39, 0.29) is 88.7 Å². The van der Waals surface area contributed by atoms with Crippen molar-refractivity contribution < 1.29 is 118 Å². The first kappa shape index (κ1) is 25.0. The Hall–Kier alpha value is 3.03. The summed E-state index contributed by atoms with van der Waals surface area (Å²) in [5, 5.41) is 16.6. The molecule has 0 aromatic carbocycles. The largest absolute Gasteiger partial charge is 1.00 e. The van der Waals surface area contributed by atoms with Crippen LogP contribution in [0.4, 0.5) is 0 Å². The summed E-state index contributed by atoms with van der Waals surface area (Å²) < 4.78 is 13.3. The summed E-state index contributed by atoms with van der Waals surface area (Å²) in [6.07, 6.45) is -1.32. The first-order valence-electron chi connectivity index (χ1n) is 2.41. The summed E-state index contributed by atoms with van der Waals surface area (Å²) in [4.78, 5) is 19.4. The van der Waals surface area contributed by atoms with Crippen molar-refractivity contribution in [2.24, 2.45) is 0 Å². The summed E-state index contributed by atoms with van der Waals surface area (Å²) in [6.45, 7) is -1.33. The van der Waals surface area contributed by atoms with Gasteiger partial charge in [0.25, 0.3) is 0 Å². The van der Waals surface area contributed by atoms with Crippen molar-refractivity contribution in [3.05, 3.63) is 0 Å². The standard InChI is InChI=1S/C3H9O6P.3Na/c4-1-3(5)2-9-10(6,7)8;;;/h3-5H,1-2H2,(H2,6,7,8);;;/q;3*+1/p-2. The van der Waals surface area contributed by atoms with E-state index in [2.05, 4.69) is 4.52 Å². The Bertz CT molecular complexity index is 139. The van der Waals surface area contributed by atoms with E-state index in [0.29, 0.717) is 0 Å². The zero-order chi connectivity index (χ0) is 8.20. The number of phosphoric acid groups is 1. The maximum absolute atomic E-state index is 9.71. The van der Waals surface area contributed by atoms with Crippen LogP contribution in [-0.2, 0) is 9.09 Å². The molecule has 2 N–H and O–H groups in total. The monoisotopic (exact) mass is 239 g/mol. The molecule has 0 aliphatic carbocycles. The van der Waals surface area contributed by atoms with E-state index >= 15 is 0 Å². The zero-order valence-corrected chi connectivity index (χ0v) is 14.9. The van der Waals surface area contributed by atoms with Gasteiger partial charge in [-0.25, -0.2) is 0 Å². The molecule has 0 bridgehead atoms. The third-order valence-corrected chi connectivity index (χ3v) is 1.10. The number of aliphatic hydroxyl groups excluding tert-OH is 2. The van der Waals surface area contributed by atoms with Gasteiger partial charge in [-0.1, -0.05) is 0 Å². The van der Waals surface area contributed by atoms with E-state index in [4.69, 9.17) is 10.2 Å². The van der Waals surface area contributed by atoms with Crippen LogP contribution >= 0.6 is 7.82 Å². The Balaban J connectivity index is -0.000000135. The second-order valence-corrected chi connectivity index (χ2v) is 2.73. The van der Waals surface area contributed by atoms with Gasteiger partial charge in [-0.3, -0.25) is 0 Å². The van der Waals surface area contributed by atoms with Crippen molar-refractivity contribution in [3.8, 4) is 0 Å². The normalized spacial score (nSPS) is 11.7. The molecule has 0 aliphatic rings. The third-order valence-electron chi connectivity index (χ3n) is 0.636. The van der Waals surface area contributed by atoms with Gasteiger partial charge in [0.1, 0.15) is 6.10 Å². The molecular formula is C3H7Na3O6P+. The third kappa shape index (κ3) is 21.0. The number of phosphoric ester groups is 1. The number of hydrogen-bond acceptors (Lipinski definition) is 6. The van der Waals surface area contributed by atoms with Gasteiger partial charge in [-0.05, 0) is 0 Å². The van der Waals surface area contributed by atoms with Crippen LogP contribution in [0.25, 0.3) is 0 Å². The topological polar surface area (TPSA) is 113 Å². The summed E-state index contributed by atoms with van der Waals surface area (Å²) in [7, 11) is -5.00. The predicted molar refractivity (Wildman–Crippen MR) is 26.7 cm³/mol. The molecule has 0 fully saturated rings. The molecule has 62 valence electrons. The van der Waals surface area contributed by atoms with Gasteiger partial charge >= 0.3 is 88.7 Å². The van der Waals surface area contributed by atoms with Crippen molar-refractivity contribution in [2.75, 3.05) is 13.2 Å². The summed E-state index contributed by atoms with van der Waals surface area (Å²) in [5.41, 5.74) is 0. The molecule has 1 atom stereocenters. The van der Waals surface area contributed by atoms with Gasteiger partial charge in [-0.2, -0.15) is 0 Å². The van der Waals surface area contributed by atoms with Crippen LogP contribution in [0.2, 0.25) is 0 Å². The van der Waals surface area contributed by atoms with Gasteiger partial charge in [0.15, 0.2) is 0 Å². The Morgan fingerprint density at radius 3 is 1.92 bits per heavy atom. The minimum atomic E-state index is -5.00. The van der Waals surface area contributed by atoms with E-state index in [9.17, 15) is 14.4 Å². The maximum atomic E-state index is 9.71. The Labute approximate surface area is 143 Å². The smallest absolute Gasteiger partial charge is 0.790 e. The molecule has 0 aromatic rings. The van der Waals surface area contributed by atoms with E-state index in [1.165, 1.54) is 0 Å². The fraction of sp³-hybridized carbons (Fsp3) is 1.00. The quantitative estimate of drug-likeness (QED) is 0.372. The van der Waals surface area contributed by atoms with Crippen LogP contribution < -0.4 is 98.5 Å². The van der Waals surface area contributed by atoms with Crippen molar-refractivity contribution in [2.45, 2.75) is 6.10 Å². The SMILES string of the molecule is O=P([O-])([O-])OCC(O)CO.[Na+].[Na+].[Na+]. The molecule has 0 aliphatic heterocycles. The zero-order valence-electron chi connectivity index (χ0n) is 7.97. The average molecular weight is 239 g/mol. The second-order valence-electron chi connectivity index (χ2n) is 1.58. The molecule has 0 heterocycles. The van der Waals surface area contributed by atoms with Crippen LogP contribution in [0, 0.1) is 0 Å². The molecule has 10 heteroatoms. The molecule has 6 nitrogen and oxygen atoms in total. The Morgan fingerprint density at radius 2 is 1.69 bits per heavy atom. The summed E-state index contributed by atoms with van der Waals surface area (Å²) in [6, 6.07) is 0. The van der Waals surface area contributed by atoms with Crippen LogP contribution in [0.1, 0.15) is 0 Å². The molecule has 0 saturated carbocycles. The fourth-order valence-electron chi connectivity index (χ4n) is 0.230. The molecule has 0 spiro atoms. The van der Waals surface area contributed by atoms with Gasteiger partial charge in [-0.15, -0.1) is 0 Å². The van der Waals surface area contributed by atoms with Crippen LogP contribution in [0.5, 0.6) is 0 Å². The minimum absolute atomic E-state index is 0. The molecular weight excluding hydrogens is 232 g/mol. The van der Waals surface area contributed by atoms with Crippen molar-refractivity contribution >= 4 is 7.82 Å². The first-order chi connectivity index (χ1) is 4.45. The van der Waals surface area contributed by atoms with E-state index in [1.807, 2.05) is 0 Å². The van der Waals surface area contributed by atoms with Gasteiger partial charge in [0.2, 0.25) is 0 Å². The predicted octanol–water partition coefficient (Wildman–Crippen LogP) is -11.8. The van der Waals surface area contributed by atoms with E-state index in [0.717, 1.165) is 0 Å². The number of aliphatic hydroxyl groups is 2. The Morgan fingerprint density at radius 1 is 1.31 bits per heavy atom. The van der Waals surface area contributed by atoms with E-state index in [1.54, 1.807) is 0 Å². The molecule has 0 aromatic heterocycles. The molecule has 0 saturated heterocycles. The average Bonchev–Trinajstić information content (AvgIpc) is 1.81. The molecule has 0 radical (unpaired) electrons. The van der Waals surface area contributed by atoms with Gasteiger partial charge < -0.3 is 29.1 Å². The minimum Gasteiger partial charge on any atom is -0.790 e. The number of hydrogen-bond donors (Lipinski definition) is 2. The second kappa shape index (κ2) is 13.1. The fourth-order valence-corrected chi connectivity index (χ4v) is 0.585. The summed E-state index contributed by atoms with van der Waals surface area (Å²) in [5.74, 6) is 0. The van der Waals surface area contributed by atoms with Crippen LogP contribution in [0.3, 0.4) is 0 Å². The Kier molecular flexibility index (Phi) is 25.2. The van der Waals surface area contributed by atoms with Crippen molar-refractivity contribution in [1.29, 1.82) is 0 Å². The molecule has 0 amide bonds. The maximum Gasteiger partial charge on any atom is 1.00 e. The first-order valence-corrected chi connectivity index (χ1v) is 3.87. The molecule has 13 heavy (non-hydrogen) atoms. The van der Waals surface area contributed by atoms with Gasteiger partial charge in [0, 0.05) is 0 Å². The van der Waals surface area contributed by atoms with Crippen LogP contribution in [0.15, 0.2) is 0 Å². The molecule has 1 unspecified atom stereocenters. The number of rotatable bonds is 4. The van der Waals surface area contributed by atoms with Gasteiger partial charge in [0.05, 0.1) is 21.0 Å². The summed E-state index contributed by atoms with van der Waals surface area (Å²) >= 11 is 0. The molecule has 0 rings (SSSR count). The van der Waals surface area contributed by atoms with Crippen molar-refractivity contribution in [3.63, 3.8) is 0 Å².